The molecular formula is C29H36N4O3. The molecule has 1 amide bonds. The summed E-state index contributed by atoms with van der Waals surface area (Å²) in [7, 11) is 1.91. The third kappa shape index (κ3) is 5.96. The van der Waals surface area contributed by atoms with Crippen molar-refractivity contribution >= 4 is 27.9 Å². The molecule has 190 valence electrons. The molecule has 0 bridgehead atoms. The van der Waals surface area contributed by atoms with E-state index in [0.717, 1.165) is 48.3 Å². The molecule has 0 saturated carbocycles. The van der Waals surface area contributed by atoms with Crippen molar-refractivity contribution in [2.24, 2.45) is 7.05 Å². The number of rotatable bonds is 11. The van der Waals surface area contributed by atoms with Crippen molar-refractivity contribution in [2.45, 2.75) is 39.7 Å². The molecular weight excluding hydrogens is 452 g/mol. The molecule has 0 spiro atoms. The lowest BCUT2D eigenvalue weighted by atomic mass is 10.0. The van der Waals surface area contributed by atoms with Crippen LogP contribution in [0.2, 0.25) is 0 Å². The Bertz CT molecular complexity index is 1280. The standard InChI is InChI=1S/C29H36N4O3/c1-5-13-33(14-6-2)24-10-9-21-15-23(8-7-22(21)16-24)28-12-11-27(32(28)4)20(3)26(17-30)29(36)31-18-25(35)19-34/h7-12,15-16,25,34-35H,5-6,13-14,18-19H2,1-4H3,(H,31,36)/b26-20+. The number of aliphatic hydroxyl groups excluding tert-OH is 2. The molecule has 3 N–H and O–H groups in total. The van der Waals surface area contributed by atoms with Gasteiger partial charge in [-0.1, -0.05) is 32.0 Å². The van der Waals surface area contributed by atoms with Gasteiger partial charge in [-0.2, -0.15) is 5.26 Å². The lowest BCUT2D eigenvalue weighted by Gasteiger charge is -2.24. The number of nitrogens with one attached hydrogen (secondary N) is 1. The number of fused-ring (bicyclic) bond motifs is 1. The molecule has 1 aromatic heterocycles. The van der Waals surface area contributed by atoms with Gasteiger partial charge in [0.1, 0.15) is 11.6 Å². The van der Waals surface area contributed by atoms with Crippen LogP contribution in [-0.2, 0) is 11.8 Å². The number of nitrogens with zero attached hydrogens (tertiary/aromatic N) is 3. The molecule has 3 aromatic rings. The molecule has 0 aliphatic rings. The molecule has 0 fully saturated rings. The van der Waals surface area contributed by atoms with E-state index in [1.54, 1.807) is 6.92 Å². The maximum absolute atomic E-state index is 12.5. The van der Waals surface area contributed by atoms with Gasteiger partial charge in [-0.25, -0.2) is 0 Å². The van der Waals surface area contributed by atoms with Crippen LogP contribution >= 0.6 is 0 Å². The molecule has 7 heteroatoms. The summed E-state index contributed by atoms with van der Waals surface area (Å²) in [6.45, 7) is 7.64. The Kier molecular flexibility index (Phi) is 9.29. The van der Waals surface area contributed by atoms with Gasteiger partial charge in [0.25, 0.3) is 5.91 Å². The fraction of sp³-hybridized carbons (Fsp3) is 0.379. The van der Waals surface area contributed by atoms with E-state index in [9.17, 15) is 15.2 Å². The average Bonchev–Trinajstić information content (AvgIpc) is 3.27. The van der Waals surface area contributed by atoms with Crippen LogP contribution in [-0.4, -0.2) is 53.0 Å². The molecule has 0 saturated heterocycles. The molecule has 2 aromatic carbocycles. The quantitative estimate of drug-likeness (QED) is 0.277. The third-order valence-electron chi connectivity index (χ3n) is 6.40. The smallest absolute Gasteiger partial charge is 0.262 e. The van der Waals surface area contributed by atoms with E-state index in [-0.39, 0.29) is 12.1 Å². The second-order valence-electron chi connectivity index (χ2n) is 9.05. The highest BCUT2D eigenvalue weighted by molar-refractivity contribution is 6.04. The molecule has 0 aliphatic heterocycles. The molecule has 0 radical (unpaired) electrons. The second kappa shape index (κ2) is 12.4. The van der Waals surface area contributed by atoms with Crippen LogP contribution in [0.15, 0.2) is 54.1 Å². The number of aliphatic hydroxyl groups is 2. The number of hydrogen-bond donors (Lipinski definition) is 3. The van der Waals surface area contributed by atoms with E-state index in [0.29, 0.717) is 5.57 Å². The summed E-state index contributed by atoms with van der Waals surface area (Å²) >= 11 is 0. The lowest BCUT2D eigenvalue weighted by molar-refractivity contribution is -0.117. The predicted octanol–water partition coefficient (Wildman–Crippen LogP) is 4.24. The summed E-state index contributed by atoms with van der Waals surface area (Å²) in [5, 5.41) is 32.9. The van der Waals surface area contributed by atoms with E-state index in [2.05, 4.69) is 60.5 Å². The summed E-state index contributed by atoms with van der Waals surface area (Å²) in [5.74, 6) is -0.577. The Morgan fingerprint density at radius 1 is 1.08 bits per heavy atom. The van der Waals surface area contributed by atoms with Gasteiger partial charge in [0, 0.05) is 43.8 Å². The molecule has 36 heavy (non-hydrogen) atoms. The van der Waals surface area contributed by atoms with E-state index in [1.807, 2.05) is 29.8 Å². The minimum atomic E-state index is -1.07. The first kappa shape index (κ1) is 27.0. The Morgan fingerprint density at radius 3 is 2.39 bits per heavy atom. The highest BCUT2D eigenvalue weighted by atomic mass is 16.3. The zero-order valence-electron chi connectivity index (χ0n) is 21.6. The van der Waals surface area contributed by atoms with Crippen molar-refractivity contribution in [1.29, 1.82) is 5.26 Å². The topological polar surface area (TPSA) is 102 Å². The van der Waals surface area contributed by atoms with Crippen LogP contribution in [0.25, 0.3) is 27.6 Å². The number of hydrogen-bond acceptors (Lipinski definition) is 5. The monoisotopic (exact) mass is 488 g/mol. The van der Waals surface area contributed by atoms with Gasteiger partial charge in [0.2, 0.25) is 0 Å². The van der Waals surface area contributed by atoms with Crippen molar-refractivity contribution in [2.75, 3.05) is 31.1 Å². The van der Waals surface area contributed by atoms with Crippen molar-refractivity contribution < 1.29 is 15.0 Å². The number of nitriles is 1. The second-order valence-corrected chi connectivity index (χ2v) is 9.05. The zero-order chi connectivity index (χ0) is 26.2. The fourth-order valence-corrected chi connectivity index (χ4v) is 4.47. The SMILES string of the molecule is CCCN(CCC)c1ccc2cc(-c3ccc(/C(C)=C(\C#N)C(=O)NCC(O)CO)n3C)ccc2c1. The molecule has 1 atom stereocenters. The van der Waals surface area contributed by atoms with Crippen LogP contribution in [0.4, 0.5) is 5.69 Å². The minimum Gasteiger partial charge on any atom is -0.394 e. The van der Waals surface area contributed by atoms with Gasteiger partial charge in [0.05, 0.1) is 12.7 Å². The van der Waals surface area contributed by atoms with E-state index in [4.69, 9.17) is 5.11 Å². The van der Waals surface area contributed by atoms with Gasteiger partial charge < -0.3 is 25.0 Å². The summed E-state index contributed by atoms with van der Waals surface area (Å²) < 4.78 is 1.97. The van der Waals surface area contributed by atoms with Crippen molar-refractivity contribution in [3.8, 4) is 17.3 Å². The Labute approximate surface area is 213 Å². The Hall–Kier alpha value is -3.60. The largest absolute Gasteiger partial charge is 0.394 e. The maximum atomic E-state index is 12.5. The summed E-state index contributed by atoms with van der Waals surface area (Å²) in [4.78, 5) is 14.9. The number of aromatic nitrogens is 1. The predicted molar refractivity (Wildman–Crippen MR) is 145 cm³/mol. The number of benzene rings is 2. The van der Waals surface area contributed by atoms with Crippen molar-refractivity contribution in [3.63, 3.8) is 0 Å². The van der Waals surface area contributed by atoms with Crippen molar-refractivity contribution in [3.05, 3.63) is 59.8 Å². The van der Waals surface area contributed by atoms with Gasteiger partial charge in [-0.15, -0.1) is 0 Å². The highest BCUT2D eigenvalue weighted by Crippen LogP contribution is 2.30. The highest BCUT2D eigenvalue weighted by Gasteiger charge is 2.18. The van der Waals surface area contributed by atoms with E-state index < -0.39 is 18.6 Å². The fourth-order valence-electron chi connectivity index (χ4n) is 4.47. The average molecular weight is 489 g/mol. The maximum Gasteiger partial charge on any atom is 0.262 e. The van der Waals surface area contributed by atoms with Gasteiger partial charge in [-0.3, -0.25) is 4.79 Å². The first-order valence-electron chi connectivity index (χ1n) is 12.5. The summed E-state index contributed by atoms with van der Waals surface area (Å²) in [5.41, 5.74) is 4.54. The lowest BCUT2D eigenvalue weighted by Crippen LogP contribution is -2.34. The molecule has 1 unspecified atom stereocenters. The minimum absolute atomic E-state index is 0.0253. The number of carbonyl (C=O) groups excluding carboxylic acids is 1. The van der Waals surface area contributed by atoms with Gasteiger partial charge in [-0.05, 0) is 72.0 Å². The normalized spacial score (nSPS) is 12.7. The first-order valence-corrected chi connectivity index (χ1v) is 12.5. The molecule has 0 aliphatic carbocycles. The number of anilines is 1. The van der Waals surface area contributed by atoms with E-state index >= 15 is 0 Å². The van der Waals surface area contributed by atoms with E-state index in [1.165, 1.54) is 11.1 Å². The number of amides is 1. The molecule has 1 heterocycles. The number of carbonyl (C=O) groups is 1. The zero-order valence-corrected chi connectivity index (χ0v) is 21.6. The Morgan fingerprint density at radius 2 is 1.75 bits per heavy atom. The third-order valence-corrected chi connectivity index (χ3v) is 6.40. The Balaban J connectivity index is 1.91. The van der Waals surface area contributed by atoms with Gasteiger partial charge >= 0.3 is 0 Å². The first-order chi connectivity index (χ1) is 17.3. The molecule has 3 rings (SSSR count). The van der Waals surface area contributed by atoms with Crippen LogP contribution < -0.4 is 10.2 Å². The van der Waals surface area contributed by atoms with Crippen LogP contribution in [0, 0.1) is 11.3 Å². The van der Waals surface area contributed by atoms with Crippen LogP contribution in [0.5, 0.6) is 0 Å². The summed E-state index contributed by atoms with van der Waals surface area (Å²) in [6, 6.07) is 18.9. The van der Waals surface area contributed by atoms with Gasteiger partial charge in [0.15, 0.2) is 0 Å². The number of allylic oxidation sites excluding steroid dienone is 1. The van der Waals surface area contributed by atoms with Crippen LogP contribution in [0.3, 0.4) is 0 Å². The summed E-state index contributed by atoms with van der Waals surface area (Å²) in [6.07, 6.45) is 1.15. The van der Waals surface area contributed by atoms with Crippen molar-refractivity contribution in [1.82, 2.24) is 9.88 Å². The van der Waals surface area contributed by atoms with Crippen LogP contribution in [0.1, 0.15) is 39.3 Å². The molecule has 7 nitrogen and oxygen atoms in total.